The first kappa shape index (κ1) is 71.5. The van der Waals surface area contributed by atoms with Crippen molar-refractivity contribution in [1.82, 2.24) is 10.6 Å². The molecule has 5 saturated heterocycles. The lowest BCUT2D eigenvalue weighted by atomic mass is 9.45. The van der Waals surface area contributed by atoms with Crippen LogP contribution in [0.3, 0.4) is 0 Å². The Kier molecular flexibility index (Phi) is 22.9. The molecule has 0 radical (unpaired) electrons. The number of amides is 2. The van der Waals surface area contributed by atoms with Gasteiger partial charge in [0.1, 0.15) is 116 Å². The maximum Gasteiger partial charge on any atom is 0.217 e. The van der Waals surface area contributed by atoms with Gasteiger partial charge in [0, 0.05) is 20.3 Å². The number of rotatable bonds is 20. The lowest BCUT2D eigenvalue weighted by molar-refractivity contribution is -0.379. The highest BCUT2D eigenvalue weighted by Gasteiger charge is 2.62. The summed E-state index contributed by atoms with van der Waals surface area (Å²) in [5, 5.41) is 147. The molecule has 5 heterocycles. The first-order valence-electron chi connectivity index (χ1n) is 31.9. The van der Waals surface area contributed by atoms with Gasteiger partial charge in [0.05, 0.1) is 39.1 Å². The van der Waals surface area contributed by atoms with Gasteiger partial charge in [0.15, 0.2) is 37.2 Å². The minimum absolute atomic E-state index is 0.0654. The molecule has 15 N–H and O–H groups in total. The van der Waals surface area contributed by atoms with Crippen molar-refractivity contribution in [2.45, 2.75) is 274 Å². The van der Waals surface area contributed by atoms with E-state index in [0.717, 1.165) is 64.4 Å². The average Bonchev–Trinajstić information content (AvgIpc) is 1.19. The van der Waals surface area contributed by atoms with Crippen LogP contribution in [-0.4, -0.2) is 270 Å². The van der Waals surface area contributed by atoms with Gasteiger partial charge in [-0.15, -0.1) is 0 Å². The second kappa shape index (κ2) is 28.9. The van der Waals surface area contributed by atoms with E-state index in [2.05, 4.69) is 45.3 Å². The normalized spacial score (nSPS) is 47.3. The fourth-order valence-corrected chi connectivity index (χ4v) is 17.0. The van der Waals surface area contributed by atoms with Gasteiger partial charge in [-0.25, -0.2) is 0 Å². The standard InChI is InChI=1S/C62H100N2O26/c1-25(2)18-29(70)19-26(3)31-11-12-32-30-10-13-39-60(6,7)40(15-17-62(39,9)33(30)14-16-61(31,32)8)88-59-53(47(75)38(24-82-59)87-55-41(63-27(4)68)48(76)43(71)34(20-65)83-55)89-56-42(64-28(5)69)49(77)46(74)37(86-56)23-81-58-54(51(79)45(73)36(22-67)85-58)90-57-52(80)50(78)44(72)35(21-66)84-57/h18,26,31-32,34-59,65-67,71-80H,10-17,19-24H2,1-9H3,(H,63,68)(H,64,69)/t26-,31-,32?,34-,35-,36-,37-,38-,39?,40+,41-,42-,43+,44-,45-,46-,47+,48-,49-,50+,51+,52-,53-,54-,55+,56+,57+,58-,59+,61-,62-/m1/s1. The van der Waals surface area contributed by atoms with Crippen LogP contribution in [0.15, 0.2) is 22.8 Å². The van der Waals surface area contributed by atoms with E-state index in [-0.39, 0.29) is 28.4 Å². The van der Waals surface area contributed by atoms with E-state index in [0.29, 0.717) is 24.7 Å². The molecule has 2 unspecified atom stereocenters. The second-order valence-corrected chi connectivity index (χ2v) is 28.1. The van der Waals surface area contributed by atoms with Gasteiger partial charge >= 0.3 is 0 Å². The third kappa shape index (κ3) is 14.1. The molecule has 5 aliphatic heterocycles. The van der Waals surface area contributed by atoms with E-state index in [1.807, 2.05) is 13.8 Å². The largest absolute Gasteiger partial charge is 0.394 e. The van der Waals surface area contributed by atoms with Crippen molar-refractivity contribution in [3.8, 4) is 0 Å². The number of allylic oxidation sites excluding steroid dienone is 4. The highest BCUT2D eigenvalue weighted by atomic mass is 16.8. The quantitative estimate of drug-likeness (QED) is 0.0436. The maximum atomic E-state index is 13.0. The highest BCUT2D eigenvalue weighted by Crippen LogP contribution is 2.68. The summed E-state index contributed by atoms with van der Waals surface area (Å²) in [6.07, 6.45) is -29.4. The molecule has 9 aliphatic rings. The molecule has 0 aromatic rings. The van der Waals surface area contributed by atoms with Crippen molar-refractivity contribution in [3.05, 3.63) is 22.8 Å². The van der Waals surface area contributed by atoms with Crippen LogP contribution in [0, 0.1) is 39.9 Å². The zero-order valence-electron chi connectivity index (χ0n) is 52.8. The van der Waals surface area contributed by atoms with E-state index >= 15 is 0 Å². The summed E-state index contributed by atoms with van der Waals surface area (Å²) < 4.78 is 61.9. The number of hydrogen-bond acceptors (Lipinski definition) is 26. The number of ketones is 1. The highest BCUT2D eigenvalue weighted by molar-refractivity contribution is 5.90. The van der Waals surface area contributed by atoms with E-state index in [9.17, 15) is 80.8 Å². The zero-order chi connectivity index (χ0) is 65.8. The zero-order valence-corrected chi connectivity index (χ0v) is 52.8. The molecule has 90 heavy (non-hydrogen) atoms. The predicted octanol–water partition coefficient (Wildman–Crippen LogP) is -2.68. The SMILES string of the molecule is CC(=O)N[C@H]1[C@H](O[C@@H]2CO[C@@H](O[C@H]3CC[C@]4(C)C5=C(CCC4C3(C)C)C3CC[C@H]([C@H](C)CC(=O)C=C(C)C)[C@@]3(C)CC5)[C@H](O[C@@H]3O[C@H](CO[C@@H]4O[C@H](CO)[C@@H](O)[C@H](O)[C@H]4O[C@@H]4O[C@H](CO)[C@@H](O)[C@H](O)[C@H]4O)[C@@H](O)[C@H](O)[C@H]3NC(C)=O)[C@H]2O)O[C@H](CO)[C@H](O)[C@@H]1O. The maximum absolute atomic E-state index is 13.0. The van der Waals surface area contributed by atoms with Crippen molar-refractivity contribution in [1.29, 1.82) is 0 Å². The van der Waals surface area contributed by atoms with E-state index in [1.165, 1.54) is 5.57 Å². The number of ether oxygens (including phenoxy) is 10. The Morgan fingerprint density at radius 1 is 0.578 bits per heavy atom. The lowest BCUT2D eigenvalue weighted by Gasteiger charge is -2.61. The Labute approximate surface area is 524 Å². The van der Waals surface area contributed by atoms with Gasteiger partial charge < -0.3 is 124 Å². The van der Waals surface area contributed by atoms with Gasteiger partial charge in [-0.05, 0) is 111 Å². The number of aliphatic hydroxyl groups is 13. The van der Waals surface area contributed by atoms with Crippen molar-refractivity contribution in [2.75, 3.05) is 33.0 Å². The van der Waals surface area contributed by atoms with Crippen LogP contribution in [0.25, 0.3) is 0 Å². The third-order valence-electron chi connectivity index (χ3n) is 21.6. The first-order valence-corrected chi connectivity index (χ1v) is 31.9. The number of carbonyl (C=O) groups is 3. The van der Waals surface area contributed by atoms with Crippen molar-refractivity contribution in [3.63, 3.8) is 0 Å². The third-order valence-corrected chi connectivity index (χ3v) is 21.6. The molecule has 0 spiro atoms. The van der Waals surface area contributed by atoms with Crippen molar-refractivity contribution >= 4 is 17.6 Å². The van der Waals surface area contributed by atoms with Gasteiger partial charge in [0.25, 0.3) is 0 Å². The van der Waals surface area contributed by atoms with E-state index in [4.69, 9.17) is 47.4 Å². The van der Waals surface area contributed by atoms with Crippen molar-refractivity contribution in [2.24, 2.45) is 39.9 Å². The number of fused-ring (bicyclic) bond motifs is 4. The monoisotopic (exact) mass is 1290 g/mol. The summed E-state index contributed by atoms with van der Waals surface area (Å²) in [5.74, 6) is -0.00445. The Morgan fingerprint density at radius 3 is 1.71 bits per heavy atom. The van der Waals surface area contributed by atoms with Crippen molar-refractivity contribution < 1.29 is 128 Å². The minimum atomic E-state index is -1.99. The fraction of sp³-hybridized carbons (Fsp3) is 0.887. The lowest BCUT2D eigenvalue weighted by Crippen LogP contribution is -2.68. The second-order valence-electron chi connectivity index (χ2n) is 28.1. The molecule has 4 aliphatic carbocycles. The number of aliphatic hydroxyl groups excluding tert-OH is 13. The Balaban J connectivity index is 0.984. The smallest absolute Gasteiger partial charge is 0.217 e. The molecule has 9 rings (SSSR count). The topological polar surface area (TPSA) is 431 Å². The predicted molar refractivity (Wildman–Crippen MR) is 309 cm³/mol. The first-order chi connectivity index (χ1) is 42.4. The molecule has 2 amide bonds. The summed E-state index contributed by atoms with van der Waals surface area (Å²) >= 11 is 0. The summed E-state index contributed by atoms with van der Waals surface area (Å²) in [4.78, 5) is 38.4. The molecule has 514 valence electrons. The molecule has 31 atom stereocenters. The van der Waals surface area contributed by atoms with Gasteiger partial charge in [-0.1, -0.05) is 51.3 Å². The molecule has 2 saturated carbocycles. The number of carbonyl (C=O) groups excluding carboxylic acids is 3. The molecular weight excluding hydrogens is 1190 g/mol. The van der Waals surface area contributed by atoms with Gasteiger partial charge in [0.2, 0.25) is 11.8 Å². The van der Waals surface area contributed by atoms with Crippen LogP contribution in [0.1, 0.15) is 120 Å². The minimum Gasteiger partial charge on any atom is -0.394 e. The molecule has 28 nitrogen and oxygen atoms in total. The summed E-state index contributed by atoms with van der Waals surface area (Å²) in [7, 11) is 0. The molecule has 28 heteroatoms. The van der Waals surface area contributed by atoms with E-state index in [1.54, 1.807) is 11.6 Å². The Hall–Kier alpha value is -2.83. The molecule has 0 aromatic heterocycles. The van der Waals surface area contributed by atoms with Crippen LogP contribution in [0.5, 0.6) is 0 Å². The summed E-state index contributed by atoms with van der Waals surface area (Å²) in [5.41, 5.74) is 3.39. The fourth-order valence-electron chi connectivity index (χ4n) is 17.0. The summed E-state index contributed by atoms with van der Waals surface area (Å²) in [6, 6.07) is -3.06. The molecule has 0 aromatic carbocycles. The van der Waals surface area contributed by atoms with Gasteiger partial charge in [-0.2, -0.15) is 0 Å². The molecular formula is C62H100N2O26. The molecule has 0 bridgehead atoms. The molecule has 7 fully saturated rings. The van der Waals surface area contributed by atoms with Crippen LogP contribution < -0.4 is 10.6 Å². The van der Waals surface area contributed by atoms with Crippen LogP contribution in [0.2, 0.25) is 0 Å². The van der Waals surface area contributed by atoms with Gasteiger partial charge in [-0.3, -0.25) is 14.4 Å². The van der Waals surface area contributed by atoms with Crippen LogP contribution in [0.4, 0.5) is 0 Å². The summed E-state index contributed by atoms with van der Waals surface area (Å²) in [6.45, 7) is 13.8. The number of hydrogen-bond donors (Lipinski definition) is 15. The Bertz CT molecular complexity index is 2540. The average molecular weight is 1290 g/mol. The number of nitrogens with one attached hydrogen (secondary N) is 2. The van der Waals surface area contributed by atoms with E-state index < -0.39 is 204 Å². The Morgan fingerprint density at radius 2 is 1.11 bits per heavy atom. The van der Waals surface area contributed by atoms with Crippen LogP contribution >= 0.6 is 0 Å². The van der Waals surface area contributed by atoms with Crippen LogP contribution in [-0.2, 0) is 61.8 Å².